The van der Waals surface area contributed by atoms with Gasteiger partial charge in [0, 0.05) is 39.3 Å². The third-order valence-electron chi connectivity index (χ3n) is 4.91. The molecule has 1 atom stereocenters. The average molecular weight is 305 g/mol. The van der Waals surface area contributed by atoms with Gasteiger partial charge in [-0.2, -0.15) is 0 Å². The molecule has 2 heterocycles. The van der Waals surface area contributed by atoms with Crippen LogP contribution in [-0.4, -0.2) is 59.7 Å². The molecule has 0 radical (unpaired) electrons. The highest BCUT2D eigenvalue weighted by molar-refractivity contribution is 5.16. The van der Waals surface area contributed by atoms with E-state index in [2.05, 4.69) is 29.2 Å². The van der Waals surface area contributed by atoms with Crippen molar-refractivity contribution in [3.63, 3.8) is 0 Å². The topological polar surface area (TPSA) is 52.9 Å². The molecule has 2 aliphatic rings. The van der Waals surface area contributed by atoms with E-state index in [4.69, 9.17) is 4.74 Å². The summed E-state index contributed by atoms with van der Waals surface area (Å²) in [5.41, 5.74) is 0.663. The van der Waals surface area contributed by atoms with Gasteiger partial charge >= 0.3 is 0 Å². The summed E-state index contributed by atoms with van der Waals surface area (Å²) in [5, 5.41) is 20.7. The first kappa shape index (κ1) is 15.9. The van der Waals surface area contributed by atoms with Gasteiger partial charge in [0.05, 0.1) is 11.7 Å². The zero-order chi connectivity index (χ0) is 15.4. The van der Waals surface area contributed by atoms with Crippen molar-refractivity contribution in [2.75, 3.05) is 32.8 Å². The Labute approximate surface area is 132 Å². The van der Waals surface area contributed by atoms with Crippen molar-refractivity contribution in [3.05, 3.63) is 35.9 Å². The summed E-state index contributed by atoms with van der Waals surface area (Å²) in [5.74, 6) is 0.695. The summed E-state index contributed by atoms with van der Waals surface area (Å²) < 4.78 is 5.28. The van der Waals surface area contributed by atoms with Crippen LogP contribution in [0.3, 0.4) is 0 Å². The predicted molar refractivity (Wildman–Crippen MR) is 85.7 cm³/mol. The molecule has 2 fully saturated rings. The highest BCUT2D eigenvalue weighted by Gasteiger charge is 2.34. The Hall–Kier alpha value is -0.940. The van der Waals surface area contributed by atoms with Crippen molar-refractivity contribution >= 4 is 0 Å². The molecule has 2 aliphatic heterocycles. The monoisotopic (exact) mass is 305 g/mol. The summed E-state index contributed by atoms with van der Waals surface area (Å²) in [6.45, 7) is 3.98. The van der Waals surface area contributed by atoms with Gasteiger partial charge < -0.3 is 19.8 Å². The van der Waals surface area contributed by atoms with Crippen LogP contribution in [-0.2, 0) is 11.2 Å². The number of likely N-dealkylation sites (tertiary alicyclic amines) is 1. The van der Waals surface area contributed by atoms with Crippen molar-refractivity contribution in [2.45, 2.75) is 37.4 Å². The molecule has 2 saturated heterocycles. The maximum absolute atomic E-state index is 10.4. The van der Waals surface area contributed by atoms with Crippen molar-refractivity contribution in [2.24, 2.45) is 5.92 Å². The molecule has 0 aromatic heterocycles. The fourth-order valence-electron chi connectivity index (χ4n) is 3.66. The van der Waals surface area contributed by atoms with Crippen LogP contribution in [0.25, 0.3) is 0 Å². The van der Waals surface area contributed by atoms with Crippen LogP contribution in [0.2, 0.25) is 0 Å². The summed E-state index contributed by atoms with van der Waals surface area (Å²) in [4.78, 5) is 2.29. The minimum atomic E-state index is -0.730. The van der Waals surface area contributed by atoms with Gasteiger partial charge in [-0.05, 0) is 30.7 Å². The molecular weight excluding hydrogens is 278 g/mol. The molecule has 22 heavy (non-hydrogen) atoms. The summed E-state index contributed by atoms with van der Waals surface area (Å²) in [7, 11) is 0. The number of benzene rings is 1. The van der Waals surface area contributed by atoms with Gasteiger partial charge in [0.25, 0.3) is 0 Å². The molecular formula is C18H27NO3. The molecule has 122 valence electrons. The van der Waals surface area contributed by atoms with Crippen LogP contribution in [0.4, 0.5) is 0 Å². The lowest BCUT2D eigenvalue weighted by atomic mass is 9.87. The molecule has 4 nitrogen and oxygen atoms in total. The van der Waals surface area contributed by atoms with Gasteiger partial charge in [-0.25, -0.2) is 0 Å². The lowest BCUT2D eigenvalue weighted by Crippen LogP contribution is -2.51. The van der Waals surface area contributed by atoms with Gasteiger partial charge in [0.15, 0.2) is 0 Å². The minimum Gasteiger partial charge on any atom is -0.392 e. The Morgan fingerprint density at radius 1 is 1.18 bits per heavy atom. The Morgan fingerprint density at radius 3 is 2.55 bits per heavy atom. The predicted octanol–water partition coefficient (Wildman–Crippen LogP) is 1.45. The van der Waals surface area contributed by atoms with E-state index in [9.17, 15) is 10.2 Å². The molecule has 1 aromatic rings. The maximum Gasteiger partial charge on any atom is 0.0716 e. The second-order valence-electron chi connectivity index (χ2n) is 6.97. The Bertz CT molecular complexity index is 453. The molecule has 0 saturated carbocycles. The molecule has 2 N–H and O–H groups in total. The largest absolute Gasteiger partial charge is 0.392 e. The third-order valence-corrected chi connectivity index (χ3v) is 4.91. The van der Waals surface area contributed by atoms with Crippen molar-refractivity contribution in [3.8, 4) is 0 Å². The van der Waals surface area contributed by atoms with Crippen molar-refractivity contribution < 1.29 is 14.9 Å². The number of nitrogens with zero attached hydrogens (tertiary/aromatic N) is 1. The fraction of sp³-hybridized carbons (Fsp3) is 0.667. The van der Waals surface area contributed by atoms with Crippen LogP contribution in [0.1, 0.15) is 24.8 Å². The lowest BCUT2D eigenvalue weighted by Gasteiger charge is -2.42. The normalized spacial score (nSPS) is 23.9. The molecule has 4 heteroatoms. The highest BCUT2D eigenvalue weighted by atomic mass is 16.5. The SMILES string of the molecule is OC(CN1CC(Cc2ccccc2)C1)CC1(O)CCOCC1. The van der Waals surface area contributed by atoms with Crippen LogP contribution in [0, 0.1) is 5.92 Å². The van der Waals surface area contributed by atoms with E-state index in [1.165, 1.54) is 5.56 Å². The standard InChI is InChI=1S/C18H27NO3/c20-17(11-18(21)6-8-22-9-7-18)14-19-12-16(13-19)10-15-4-2-1-3-5-15/h1-5,16-17,20-21H,6-14H2. The van der Waals surface area contributed by atoms with E-state index in [1.807, 2.05) is 6.07 Å². The zero-order valence-electron chi connectivity index (χ0n) is 13.2. The van der Waals surface area contributed by atoms with Gasteiger partial charge in [-0.3, -0.25) is 0 Å². The second-order valence-corrected chi connectivity index (χ2v) is 6.97. The number of β-amino-alcohol motifs (C(OH)–C–C–N with tert-alkyl or cyclic N) is 1. The maximum atomic E-state index is 10.4. The van der Waals surface area contributed by atoms with E-state index in [1.54, 1.807) is 0 Å². The first-order valence-electron chi connectivity index (χ1n) is 8.37. The summed E-state index contributed by atoms with van der Waals surface area (Å²) >= 11 is 0. The quantitative estimate of drug-likeness (QED) is 0.835. The second kappa shape index (κ2) is 7.09. The summed E-state index contributed by atoms with van der Waals surface area (Å²) in [6, 6.07) is 10.6. The van der Waals surface area contributed by atoms with E-state index in [0.717, 1.165) is 19.5 Å². The van der Waals surface area contributed by atoms with Gasteiger partial charge in [0.2, 0.25) is 0 Å². The molecule has 0 aliphatic carbocycles. The van der Waals surface area contributed by atoms with Crippen LogP contribution in [0.15, 0.2) is 30.3 Å². The Morgan fingerprint density at radius 2 is 1.86 bits per heavy atom. The van der Waals surface area contributed by atoms with E-state index in [0.29, 0.717) is 44.9 Å². The number of aliphatic hydroxyl groups excluding tert-OH is 1. The first-order valence-corrected chi connectivity index (χ1v) is 8.37. The average Bonchev–Trinajstić information content (AvgIpc) is 2.46. The molecule has 0 amide bonds. The van der Waals surface area contributed by atoms with Crippen molar-refractivity contribution in [1.29, 1.82) is 0 Å². The highest BCUT2D eigenvalue weighted by Crippen LogP contribution is 2.27. The number of hydrogen-bond acceptors (Lipinski definition) is 4. The van der Waals surface area contributed by atoms with Gasteiger partial charge in [-0.15, -0.1) is 0 Å². The van der Waals surface area contributed by atoms with E-state index < -0.39 is 11.7 Å². The Kier molecular flexibility index (Phi) is 5.14. The molecule has 1 aromatic carbocycles. The van der Waals surface area contributed by atoms with Crippen molar-refractivity contribution in [1.82, 2.24) is 4.90 Å². The van der Waals surface area contributed by atoms with Crippen LogP contribution in [0.5, 0.6) is 0 Å². The number of aliphatic hydroxyl groups is 2. The Balaban J connectivity index is 1.36. The molecule has 1 unspecified atom stereocenters. The number of hydrogen-bond donors (Lipinski definition) is 2. The molecule has 0 bridgehead atoms. The van der Waals surface area contributed by atoms with Crippen LogP contribution < -0.4 is 0 Å². The van der Waals surface area contributed by atoms with E-state index in [-0.39, 0.29) is 0 Å². The number of ether oxygens (including phenoxy) is 1. The van der Waals surface area contributed by atoms with Gasteiger partial charge in [-0.1, -0.05) is 30.3 Å². The molecule has 3 rings (SSSR count). The minimum absolute atomic E-state index is 0.444. The van der Waals surface area contributed by atoms with Gasteiger partial charge in [0.1, 0.15) is 0 Å². The number of rotatable bonds is 6. The smallest absolute Gasteiger partial charge is 0.0716 e. The van der Waals surface area contributed by atoms with E-state index >= 15 is 0 Å². The zero-order valence-corrected chi connectivity index (χ0v) is 13.2. The first-order chi connectivity index (χ1) is 10.6. The fourth-order valence-corrected chi connectivity index (χ4v) is 3.66. The lowest BCUT2D eigenvalue weighted by molar-refractivity contribution is -0.0926. The summed E-state index contributed by atoms with van der Waals surface area (Å²) in [6.07, 6.45) is 2.42. The van der Waals surface area contributed by atoms with Crippen LogP contribution >= 0.6 is 0 Å². The third kappa shape index (κ3) is 4.29. The molecule has 0 spiro atoms.